The van der Waals surface area contributed by atoms with E-state index in [4.69, 9.17) is 9.47 Å². The van der Waals surface area contributed by atoms with E-state index in [2.05, 4.69) is 6.58 Å². The lowest BCUT2D eigenvalue weighted by Crippen LogP contribution is -2.56. The summed E-state index contributed by atoms with van der Waals surface area (Å²) in [5.74, 6) is -0.592. The molecular formula is C17H22O5. The molecule has 0 aromatic rings. The van der Waals surface area contributed by atoms with Gasteiger partial charge in [-0.1, -0.05) is 25.2 Å². The van der Waals surface area contributed by atoms with Crippen LogP contribution in [-0.4, -0.2) is 35.4 Å². The molecule has 2 aliphatic carbocycles. The van der Waals surface area contributed by atoms with Crippen molar-refractivity contribution < 1.29 is 24.2 Å². The van der Waals surface area contributed by atoms with Crippen LogP contribution in [0.3, 0.4) is 0 Å². The average molecular weight is 306 g/mol. The highest BCUT2D eigenvalue weighted by Crippen LogP contribution is 2.56. The number of rotatable bonds is 1. The zero-order valence-electron chi connectivity index (χ0n) is 13.2. The van der Waals surface area contributed by atoms with E-state index in [1.165, 1.54) is 6.92 Å². The van der Waals surface area contributed by atoms with Crippen LogP contribution >= 0.6 is 0 Å². The van der Waals surface area contributed by atoms with Crippen molar-refractivity contribution in [1.82, 2.24) is 0 Å². The second-order valence-electron chi connectivity index (χ2n) is 7.01. The van der Waals surface area contributed by atoms with Gasteiger partial charge in [-0.25, -0.2) is 4.79 Å². The van der Waals surface area contributed by atoms with E-state index < -0.39 is 23.6 Å². The fourth-order valence-corrected chi connectivity index (χ4v) is 4.51. The largest absolute Gasteiger partial charge is 0.459 e. The summed E-state index contributed by atoms with van der Waals surface area (Å²) in [7, 11) is 0. The van der Waals surface area contributed by atoms with Crippen LogP contribution in [0.15, 0.2) is 23.8 Å². The van der Waals surface area contributed by atoms with Crippen LogP contribution in [0.1, 0.15) is 33.6 Å². The molecule has 0 spiro atoms. The van der Waals surface area contributed by atoms with E-state index in [1.807, 2.05) is 13.8 Å². The first-order valence-corrected chi connectivity index (χ1v) is 7.67. The van der Waals surface area contributed by atoms with Crippen LogP contribution < -0.4 is 0 Å². The van der Waals surface area contributed by atoms with Gasteiger partial charge in [0.05, 0.1) is 0 Å². The molecule has 6 atom stereocenters. The minimum atomic E-state index is -0.831. The molecule has 22 heavy (non-hydrogen) atoms. The molecule has 1 N–H and O–H groups in total. The Morgan fingerprint density at radius 3 is 2.86 bits per heavy atom. The Labute approximate surface area is 130 Å². The Hall–Kier alpha value is -1.62. The highest BCUT2D eigenvalue weighted by molar-refractivity contribution is 5.90. The molecular weight excluding hydrogens is 284 g/mol. The summed E-state index contributed by atoms with van der Waals surface area (Å²) in [5.41, 5.74) is 1.16. The second-order valence-corrected chi connectivity index (χ2v) is 7.01. The van der Waals surface area contributed by atoms with Crippen molar-refractivity contribution in [3.63, 3.8) is 0 Å². The summed E-state index contributed by atoms with van der Waals surface area (Å²) in [4.78, 5) is 23.2. The summed E-state index contributed by atoms with van der Waals surface area (Å²) in [5, 5.41) is 10.4. The first-order valence-electron chi connectivity index (χ1n) is 7.67. The molecule has 0 radical (unpaired) electrons. The lowest BCUT2D eigenvalue weighted by molar-refractivity contribution is -0.176. The maximum atomic E-state index is 11.8. The summed E-state index contributed by atoms with van der Waals surface area (Å²) < 4.78 is 10.9. The third-order valence-corrected chi connectivity index (χ3v) is 5.58. The van der Waals surface area contributed by atoms with Crippen LogP contribution in [0.25, 0.3) is 0 Å². The molecule has 3 rings (SSSR count). The molecule has 5 heteroatoms. The van der Waals surface area contributed by atoms with E-state index in [-0.39, 0.29) is 23.9 Å². The second kappa shape index (κ2) is 4.95. The predicted molar refractivity (Wildman–Crippen MR) is 78.7 cm³/mol. The van der Waals surface area contributed by atoms with Crippen LogP contribution in [0.4, 0.5) is 0 Å². The van der Waals surface area contributed by atoms with Crippen molar-refractivity contribution in [1.29, 1.82) is 0 Å². The molecule has 1 aliphatic heterocycles. The minimum Gasteiger partial charge on any atom is -0.459 e. The molecule has 1 heterocycles. The van der Waals surface area contributed by atoms with Crippen molar-refractivity contribution in [3.8, 4) is 0 Å². The van der Waals surface area contributed by atoms with Crippen molar-refractivity contribution in [2.45, 2.75) is 51.9 Å². The van der Waals surface area contributed by atoms with E-state index in [1.54, 1.807) is 6.08 Å². The van der Waals surface area contributed by atoms with Gasteiger partial charge < -0.3 is 14.6 Å². The maximum Gasteiger partial charge on any atom is 0.334 e. The van der Waals surface area contributed by atoms with Gasteiger partial charge in [-0.15, -0.1) is 0 Å². The van der Waals surface area contributed by atoms with E-state index in [0.29, 0.717) is 12.0 Å². The number of carbonyl (C=O) groups excluding carboxylic acids is 2. The highest BCUT2D eigenvalue weighted by Gasteiger charge is 2.58. The number of aliphatic hydroxyl groups is 1. The third-order valence-electron chi connectivity index (χ3n) is 5.58. The van der Waals surface area contributed by atoms with Crippen molar-refractivity contribution in [3.05, 3.63) is 23.8 Å². The van der Waals surface area contributed by atoms with Crippen LogP contribution in [0.2, 0.25) is 0 Å². The quantitative estimate of drug-likeness (QED) is 0.454. The number of fused-ring (bicyclic) bond motifs is 2. The van der Waals surface area contributed by atoms with Crippen molar-refractivity contribution in [2.24, 2.45) is 17.3 Å². The van der Waals surface area contributed by atoms with Crippen LogP contribution in [0, 0.1) is 17.3 Å². The average Bonchev–Trinajstić information content (AvgIpc) is 2.67. The first-order chi connectivity index (χ1) is 10.2. The lowest BCUT2D eigenvalue weighted by atomic mass is 9.55. The lowest BCUT2D eigenvalue weighted by Gasteiger charge is -2.52. The summed E-state index contributed by atoms with van der Waals surface area (Å²) in [6, 6.07) is 0. The SMILES string of the molecule is C=C1C(=O)O[C@H]2C[C@]3(C)[C@@H](C[C@@H]12)C(C)=C[C@@H](O)[C@@H]3OC(C)=O. The third kappa shape index (κ3) is 2.10. The van der Waals surface area contributed by atoms with Crippen molar-refractivity contribution in [2.75, 3.05) is 0 Å². The number of esters is 2. The van der Waals surface area contributed by atoms with Crippen LogP contribution in [-0.2, 0) is 19.1 Å². The van der Waals surface area contributed by atoms with Gasteiger partial charge in [0.2, 0.25) is 0 Å². The maximum absolute atomic E-state index is 11.8. The van der Waals surface area contributed by atoms with Crippen LogP contribution in [0.5, 0.6) is 0 Å². The molecule has 0 amide bonds. The van der Waals surface area contributed by atoms with E-state index >= 15 is 0 Å². The Kier molecular flexibility index (Phi) is 3.44. The Bertz CT molecular complexity index is 578. The van der Waals surface area contributed by atoms with Gasteiger partial charge in [0.25, 0.3) is 0 Å². The molecule has 5 nitrogen and oxygen atoms in total. The number of hydrogen-bond donors (Lipinski definition) is 1. The Morgan fingerprint density at radius 1 is 1.55 bits per heavy atom. The fourth-order valence-electron chi connectivity index (χ4n) is 4.51. The molecule has 3 aliphatic rings. The number of aliphatic hydroxyl groups excluding tert-OH is 1. The van der Waals surface area contributed by atoms with Gasteiger partial charge in [-0.3, -0.25) is 4.79 Å². The predicted octanol–water partition coefficient (Wildman–Crippen LogP) is 1.75. The molecule has 120 valence electrons. The molecule has 2 fully saturated rings. The number of ether oxygens (including phenoxy) is 2. The molecule has 0 aromatic heterocycles. The van der Waals surface area contributed by atoms with Gasteiger partial charge in [0, 0.05) is 23.8 Å². The normalized spacial score (nSPS) is 43.8. The number of carbonyl (C=O) groups is 2. The first kappa shape index (κ1) is 15.3. The monoisotopic (exact) mass is 306 g/mol. The summed E-state index contributed by atoms with van der Waals surface area (Å²) in [6.45, 7) is 9.20. The summed E-state index contributed by atoms with van der Waals surface area (Å²) in [6.07, 6.45) is 1.37. The molecule has 0 unspecified atom stereocenters. The van der Waals surface area contributed by atoms with Gasteiger partial charge >= 0.3 is 11.9 Å². The zero-order chi connectivity index (χ0) is 16.2. The van der Waals surface area contributed by atoms with Crippen molar-refractivity contribution >= 4 is 11.9 Å². The van der Waals surface area contributed by atoms with E-state index in [9.17, 15) is 14.7 Å². The smallest absolute Gasteiger partial charge is 0.334 e. The molecule has 1 saturated carbocycles. The fraction of sp³-hybridized carbons (Fsp3) is 0.647. The zero-order valence-corrected chi connectivity index (χ0v) is 13.2. The Morgan fingerprint density at radius 2 is 2.23 bits per heavy atom. The minimum absolute atomic E-state index is 0.0159. The highest BCUT2D eigenvalue weighted by atomic mass is 16.6. The molecule has 0 aromatic carbocycles. The Balaban J connectivity index is 1.98. The topological polar surface area (TPSA) is 72.8 Å². The van der Waals surface area contributed by atoms with Gasteiger partial charge in [-0.2, -0.15) is 0 Å². The standard InChI is InChI=1S/C17H22O5/c1-8-5-13(19)15(21-10(3)18)17(4)7-14-11(6-12(8)17)9(2)16(20)22-14/h5,11-15,19H,2,6-7H2,1,3-4H3/t11-,12-,13+,14-,15-,17+/m0/s1. The van der Waals surface area contributed by atoms with Gasteiger partial charge in [-0.05, 0) is 25.7 Å². The van der Waals surface area contributed by atoms with E-state index in [0.717, 1.165) is 12.0 Å². The number of allylic oxidation sites excluding steroid dienone is 1. The number of hydrogen-bond acceptors (Lipinski definition) is 5. The van der Waals surface area contributed by atoms with Gasteiger partial charge in [0.1, 0.15) is 18.3 Å². The summed E-state index contributed by atoms with van der Waals surface area (Å²) >= 11 is 0. The molecule has 0 bridgehead atoms. The van der Waals surface area contributed by atoms with Gasteiger partial charge in [0.15, 0.2) is 0 Å². The molecule has 1 saturated heterocycles.